The van der Waals surface area contributed by atoms with Gasteiger partial charge in [0.05, 0.1) is 5.69 Å². The quantitative estimate of drug-likeness (QED) is 0.941. The van der Waals surface area contributed by atoms with Crippen molar-refractivity contribution in [2.45, 2.75) is 26.7 Å². The highest BCUT2D eigenvalue weighted by molar-refractivity contribution is 5.66. The van der Waals surface area contributed by atoms with E-state index in [0.29, 0.717) is 30.2 Å². The zero-order valence-electron chi connectivity index (χ0n) is 12.2. The van der Waals surface area contributed by atoms with E-state index in [0.717, 1.165) is 30.0 Å². The van der Waals surface area contributed by atoms with Gasteiger partial charge in [0.15, 0.2) is 11.5 Å². The summed E-state index contributed by atoms with van der Waals surface area (Å²) in [4.78, 5) is 19.5. The number of hydrogen-bond acceptors (Lipinski definition) is 4. The van der Waals surface area contributed by atoms with Gasteiger partial charge in [0.1, 0.15) is 19.0 Å². The van der Waals surface area contributed by atoms with Crippen molar-refractivity contribution in [2.75, 3.05) is 13.2 Å². The molecule has 0 radical (unpaired) electrons. The van der Waals surface area contributed by atoms with E-state index in [4.69, 9.17) is 9.47 Å². The second-order valence-electron chi connectivity index (χ2n) is 5.09. The Morgan fingerprint density at radius 2 is 2.00 bits per heavy atom. The Kier molecular flexibility index (Phi) is 3.64. The second-order valence-corrected chi connectivity index (χ2v) is 5.09. The van der Waals surface area contributed by atoms with Gasteiger partial charge in [0, 0.05) is 17.5 Å². The van der Waals surface area contributed by atoms with Crippen LogP contribution < -0.4 is 15.0 Å². The van der Waals surface area contributed by atoms with Gasteiger partial charge in [0.2, 0.25) is 0 Å². The molecule has 2 aromatic rings. The van der Waals surface area contributed by atoms with Crippen molar-refractivity contribution in [3.8, 4) is 22.8 Å². The summed E-state index contributed by atoms with van der Waals surface area (Å²) in [6.07, 6.45) is 1.69. The standard InChI is InChI=1S/C16H18N2O3/c1-3-4-14-17-15(10(2)16(19)18-14)11-5-6-12-13(9-11)21-8-7-20-12/h5-6,9H,3-4,7-8H2,1-2H3,(H,17,18,19). The van der Waals surface area contributed by atoms with Crippen molar-refractivity contribution in [3.63, 3.8) is 0 Å². The number of benzene rings is 1. The van der Waals surface area contributed by atoms with E-state index >= 15 is 0 Å². The van der Waals surface area contributed by atoms with E-state index in [9.17, 15) is 4.79 Å². The molecule has 0 fully saturated rings. The van der Waals surface area contributed by atoms with E-state index in [1.165, 1.54) is 0 Å². The number of H-pyrrole nitrogens is 1. The summed E-state index contributed by atoms with van der Waals surface area (Å²) >= 11 is 0. The first-order valence-corrected chi connectivity index (χ1v) is 7.19. The molecule has 0 saturated carbocycles. The molecule has 0 spiro atoms. The Morgan fingerprint density at radius 3 is 2.76 bits per heavy atom. The SMILES string of the molecule is CCCc1nc(-c2ccc3c(c2)OCCO3)c(C)c(=O)[nH]1. The van der Waals surface area contributed by atoms with E-state index in [-0.39, 0.29) is 5.56 Å². The average Bonchev–Trinajstić information content (AvgIpc) is 2.50. The van der Waals surface area contributed by atoms with Crippen molar-refractivity contribution in [3.05, 3.63) is 39.9 Å². The number of nitrogens with zero attached hydrogens (tertiary/aromatic N) is 1. The first kappa shape index (κ1) is 13.7. The fourth-order valence-corrected chi connectivity index (χ4v) is 2.41. The van der Waals surface area contributed by atoms with Crippen LogP contribution in [-0.2, 0) is 6.42 Å². The Hall–Kier alpha value is -2.30. The maximum atomic E-state index is 12.0. The number of hydrogen-bond donors (Lipinski definition) is 1. The Morgan fingerprint density at radius 1 is 1.24 bits per heavy atom. The molecule has 5 nitrogen and oxygen atoms in total. The third kappa shape index (κ3) is 2.63. The highest BCUT2D eigenvalue weighted by Gasteiger charge is 2.15. The van der Waals surface area contributed by atoms with Crippen molar-refractivity contribution in [1.82, 2.24) is 9.97 Å². The van der Waals surface area contributed by atoms with Gasteiger partial charge >= 0.3 is 0 Å². The van der Waals surface area contributed by atoms with Crippen LogP contribution in [0.1, 0.15) is 24.7 Å². The van der Waals surface area contributed by atoms with Crippen LogP contribution in [0.15, 0.2) is 23.0 Å². The molecular formula is C16H18N2O3. The first-order chi connectivity index (χ1) is 10.2. The van der Waals surface area contributed by atoms with Gasteiger partial charge in [-0.1, -0.05) is 6.92 Å². The first-order valence-electron chi connectivity index (χ1n) is 7.19. The minimum absolute atomic E-state index is 0.0849. The van der Waals surface area contributed by atoms with Crippen LogP contribution in [0.25, 0.3) is 11.3 Å². The number of fused-ring (bicyclic) bond motifs is 1. The molecule has 1 N–H and O–H groups in total. The van der Waals surface area contributed by atoms with Gasteiger partial charge in [-0.2, -0.15) is 0 Å². The maximum absolute atomic E-state index is 12.0. The fourth-order valence-electron chi connectivity index (χ4n) is 2.41. The lowest BCUT2D eigenvalue weighted by molar-refractivity contribution is 0.171. The van der Waals surface area contributed by atoms with E-state index in [1.54, 1.807) is 6.92 Å². The van der Waals surface area contributed by atoms with Crippen LogP contribution in [0, 0.1) is 6.92 Å². The predicted octanol–water partition coefficient (Wildman–Crippen LogP) is 2.47. The molecule has 0 saturated heterocycles. The predicted molar refractivity (Wildman–Crippen MR) is 80.0 cm³/mol. The molecule has 21 heavy (non-hydrogen) atoms. The molecule has 0 amide bonds. The topological polar surface area (TPSA) is 64.2 Å². The molecule has 0 atom stereocenters. The summed E-state index contributed by atoms with van der Waals surface area (Å²) in [6, 6.07) is 5.67. The zero-order valence-corrected chi connectivity index (χ0v) is 12.2. The van der Waals surface area contributed by atoms with Gasteiger partial charge in [-0.15, -0.1) is 0 Å². The number of nitrogens with one attached hydrogen (secondary N) is 1. The van der Waals surface area contributed by atoms with Gasteiger partial charge < -0.3 is 14.5 Å². The van der Waals surface area contributed by atoms with Gasteiger partial charge in [-0.3, -0.25) is 4.79 Å². The highest BCUT2D eigenvalue weighted by Crippen LogP contribution is 2.34. The van der Waals surface area contributed by atoms with Crippen LogP contribution in [-0.4, -0.2) is 23.2 Å². The summed E-state index contributed by atoms with van der Waals surface area (Å²) < 4.78 is 11.1. The van der Waals surface area contributed by atoms with Crippen LogP contribution >= 0.6 is 0 Å². The number of aromatic nitrogens is 2. The average molecular weight is 286 g/mol. The number of aryl methyl sites for hydroxylation is 1. The monoisotopic (exact) mass is 286 g/mol. The van der Waals surface area contributed by atoms with E-state index in [1.807, 2.05) is 18.2 Å². The largest absolute Gasteiger partial charge is 0.486 e. The molecule has 2 heterocycles. The highest BCUT2D eigenvalue weighted by atomic mass is 16.6. The van der Waals surface area contributed by atoms with Crippen LogP contribution in [0.2, 0.25) is 0 Å². The third-order valence-electron chi connectivity index (χ3n) is 3.50. The normalized spacial score (nSPS) is 13.2. The second kappa shape index (κ2) is 5.60. The van der Waals surface area contributed by atoms with Crippen LogP contribution in [0.5, 0.6) is 11.5 Å². The summed E-state index contributed by atoms with van der Waals surface area (Å²) in [5.41, 5.74) is 2.12. The molecule has 1 aliphatic heterocycles. The lowest BCUT2D eigenvalue weighted by Gasteiger charge is -2.19. The maximum Gasteiger partial charge on any atom is 0.254 e. The smallest absolute Gasteiger partial charge is 0.254 e. The summed E-state index contributed by atoms with van der Waals surface area (Å²) in [5.74, 6) is 2.16. The Bertz CT molecular complexity index is 722. The molecule has 3 rings (SSSR count). The lowest BCUT2D eigenvalue weighted by Crippen LogP contribution is -2.17. The van der Waals surface area contributed by atoms with Crippen LogP contribution in [0.4, 0.5) is 0 Å². The van der Waals surface area contributed by atoms with Crippen molar-refractivity contribution in [2.24, 2.45) is 0 Å². The van der Waals surface area contributed by atoms with E-state index < -0.39 is 0 Å². The minimum atomic E-state index is -0.0849. The van der Waals surface area contributed by atoms with Gasteiger partial charge in [-0.25, -0.2) is 4.98 Å². The fraction of sp³-hybridized carbons (Fsp3) is 0.375. The summed E-state index contributed by atoms with van der Waals surface area (Å²) in [7, 11) is 0. The summed E-state index contributed by atoms with van der Waals surface area (Å²) in [6.45, 7) is 4.95. The number of rotatable bonds is 3. The lowest BCUT2D eigenvalue weighted by atomic mass is 10.1. The molecular weight excluding hydrogens is 268 g/mol. The third-order valence-corrected chi connectivity index (χ3v) is 3.50. The minimum Gasteiger partial charge on any atom is -0.486 e. The molecule has 1 aromatic heterocycles. The molecule has 0 unspecified atom stereocenters. The van der Waals surface area contributed by atoms with Gasteiger partial charge in [-0.05, 0) is 31.5 Å². The van der Waals surface area contributed by atoms with Crippen molar-refractivity contribution < 1.29 is 9.47 Å². The molecule has 0 aliphatic carbocycles. The van der Waals surface area contributed by atoms with Crippen molar-refractivity contribution >= 4 is 0 Å². The summed E-state index contributed by atoms with van der Waals surface area (Å²) in [5, 5.41) is 0. The van der Waals surface area contributed by atoms with Crippen LogP contribution in [0.3, 0.4) is 0 Å². The van der Waals surface area contributed by atoms with Crippen molar-refractivity contribution in [1.29, 1.82) is 0 Å². The van der Waals surface area contributed by atoms with E-state index in [2.05, 4.69) is 16.9 Å². The molecule has 110 valence electrons. The molecule has 5 heteroatoms. The van der Waals surface area contributed by atoms with Gasteiger partial charge in [0.25, 0.3) is 5.56 Å². The molecule has 0 bridgehead atoms. The number of ether oxygens (including phenoxy) is 2. The Labute approximate surface area is 123 Å². The molecule has 1 aliphatic rings. The Balaban J connectivity index is 2.09. The number of aromatic amines is 1. The zero-order chi connectivity index (χ0) is 14.8. The molecule has 1 aromatic carbocycles.